The molecule has 3 N–H and O–H groups in total. The molecule has 6 nitrogen and oxygen atoms in total. The molecule has 1 heterocycles. The molecule has 0 bridgehead atoms. The minimum absolute atomic E-state index is 0.198. The normalized spacial score (nSPS) is 21.2. The van der Waals surface area contributed by atoms with Crippen LogP contribution in [0.3, 0.4) is 0 Å². The highest BCUT2D eigenvalue weighted by molar-refractivity contribution is 6.34. The quantitative estimate of drug-likeness (QED) is 0.856. The van der Waals surface area contributed by atoms with Gasteiger partial charge in [-0.25, -0.2) is 0 Å². The number of likely N-dealkylation sites (N-methyl/N-ethyl adjacent to an activating group) is 1. The van der Waals surface area contributed by atoms with Crippen molar-refractivity contribution in [3.8, 4) is 0 Å². The van der Waals surface area contributed by atoms with E-state index in [1.807, 2.05) is 11.8 Å². The van der Waals surface area contributed by atoms with Gasteiger partial charge in [0.05, 0.1) is 29.8 Å². The average Bonchev–Trinajstić information content (AvgIpc) is 2.88. The summed E-state index contributed by atoms with van der Waals surface area (Å²) < 4.78 is 5.30. The zero-order chi connectivity index (χ0) is 15.6. The van der Waals surface area contributed by atoms with Gasteiger partial charge in [-0.05, 0) is 25.1 Å². The van der Waals surface area contributed by atoms with E-state index in [9.17, 15) is 14.7 Å². The van der Waals surface area contributed by atoms with E-state index in [-0.39, 0.29) is 23.2 Å². The number of carbonyl (C=O) groups is 2. The van der Waals surface area contributed by atoms with Gasteiger partial charge >= 0.3 is 5.97 Å². The molecule has 1 amide bonds. The van der Waals surface area contributed by atoms with Crippen molar-refractivity contribution in [3.05, 3.63) is 28.8 Å². The summed E-state index contributed by atoms with van der Waals surface area (Å²) in [5, 5.41) is 9.51. The number of primary amides is 1. The number of hydrogen-bond acceptors (Lipinski definition) is 4. The molecule has 1 aromatic rings. The summed E-state index contributed by atoms with van der Waals surface area (Å²) in [6, 6.07) is 4.63. The van der Waals surface area contributed by atoms with Crippen molar-refractivity contribution >= 4 is 29.2 Å². The van der Waals surface area contributed by atoms with Gasteiger partial charge in [-0.2, -0.15) is 0 Å². The summed E-state index contributed by atoms with van der Waals surface area (Å²) in [4.78, 5) is 24.4. The minimum Gasteiger partial charge on any atom is -0.481 e. The second kappa shape index (κ2) is 6.32. The smallest absolute Gasteiger partial charge is 0.311 e. The van der Waals surface area contributed by atoms with E-state index in [1.54, 1.807) is 18.2 Å². The molecule has 21 heavy (non-hydrogen) atoms. The first-order valence-corrected chi connectivity index (χ1v) is 7.00. The Morgan fingerprint density at radius 1 is 1.48 bits per heavy atom. The van der Waals surface area contributed by atoms with Crippen molar-refractivity contribution in [2.75, 3.05) is 24.7 Å². The summed E-state index contributed by atoms with van der Waals surface area (Å²) in [7, 11) is 0. The Hall–Kier alpha value is -1.79. The second-order valence-corrected chi connectivity index (χ2v) is 5.27. The number of ether oxygens (including phenoxy) is 1. The molecule has 0 radical (unpaired) electrons. The number of carboxylic acid groups (broad SMARTS) is 1. The van der Waals surface area contributed by atoms with Gasteiger partial charge in [0.25, 0.3) is 0 Å². The number of anilines is 1. The fourth-order valence-corrected chi connectivity index (χ4v) is 2.85. The lowest BCUT2D eigenvalue weighted by Crippen LogP contribution is -2.43. The van der Waals surface area contributed by atoms with Crippen LogP contribution in [0, 0.1) is 5.92 Å². The number of amides is 1. The molecule has 0 aromatic heterocycles. The van der Waals surface area contributed by atoms with E-state index in [1.165, 1.54) is 0 Å². The first-order valence-electron chi connectivity index (χ1n) is 6.62. The van der Waals surface area contributed by atoms with Crippen LogP contribution in [0.4, 0.5) is 5.69 Å². The minimum atomic E-state index is -0.879. The van der Waals surface area contributed by atoms with E-state index in [4.69, 9.17) is 22.1 Å². The Morgan fingerprint density at radius 3 is 2.71 bits per heavy atom. The number of carboxylic acids is 1. The summed E-state index contributed by atoms with van der Waals surface area (Å²) in [6.07, 6.45) is 0. The topological polar surface area (TPSA) is 92.9 Å². The van der Waals surface area contributed by atoms with Crippen molar-refractivity contribution in [3.63, 3.8) is 0 Å². The second-order valence-electron chi connectivity index (χ2n) is 4.86. The lowest BCUT2D eigenvalue weighted by atomic mass is 10.0. The maximum Gasteiger partial charge on any atom is 0.311 e. The fourth-order valence-electron chi connectivity index (χ4n) is 2.58. The van der Waals surface area contributed by atoms with Gasteiger partial charge in [0.2, 0.25) is 5.91 Å². The molecule has 1 saturated heterocycles. The van der Waals surface area contributed by atoms with Crippen LogP contribution in [-0.4, -0.2) is 42.8 Å². The first kappa shape index (κ1) is 15.6. The maximum atomic E-state index is 11.3. The molecule has 2 unspecified atom stereocenters. The molecule has 7 heteroatoms. The largest absolute Gasteiger partial charge is 0.481 e. The Labute approximate surface area is 127 Å². The van der Waals surface area contributed by atoms with Crippen LogP contribution in [0.25, 0.3) is 0 Å². The number of halogens is 1. The monoisotopic (exact) mass is 312 g/mol. The van der Waals surface area contributed by atoms with Crippen LogP contribution in [0.15, 0.2) is 18.2 Å². The van der Waals surface area contributed by atoms with E-state index in [2.05, 4.69) is 0 Å². The fraction of sp³-hybridized carbons (Fsp3) is 0.429. The van der Waals surface area contributed by atoms with Gasteiger partial charge in [0.1, 0.15) is 5.92 Å². The molecule has 1 aliphatic heterocycles. The van der Waals surface area contributed by atoms with Crippen molar-refractivity contribution in [2.24, 2.45) is 11.7 Å². The van der Waals surface area contributed by atoms with Crippen LogP contribution in [0.5, 0.6) is 0 Å². The van der Waals surface area contributed by atoms with Crippen molar-refractivity contribution in [2.45, 2.75) is 13.0 Å². The third-order valence-corrected chi connectivity index (χ3v) is 3.97. The third kappa shape index (κ3) is 3.11. The van der Waals surface area contributed by atoms with Gasteiger partial charge in [-0.1, -0.05) is 11.6 Å². The lowest BCUT2D eigenvalue weighted by Gasteiger charge is -2.31. The van der Waals surface area contributed by atoms with E-state index in [0.29, 0.717) is 13.2 Å². The van der Waals surface area contributed by atoms with Crippen LogP contribution >= 0.6 is 11.6 Å². The highest BCUT2D eigenvalue weighted by atomic mass is 35.5. The standard InChI is InChI=1S/C14H17ClN2O4/c1-2-17(12-7-21-6-10(12)14(19)20)8-3-4-9(13(16)18)11(15)5-8/h3-5,10,12H,2,6-7H2,1H3,(H2,16,18)(H,19,20). The predicted molar refractivity (Wildman–Crippen MR) is 78.7 cm³/mol. The Bertz CT molecular complexity index is 564. The van der Waals surface area contributed by atoms with Crippen molar-refractivity contribution < 1.29 is 19.4 Å². The molecule has 1 fully saturated rings. The number of carbonyl (C=O) groups excluding carboxylic acids is 1. The molecular weight excluding hydrogens is 296 g/mol. The lowest BCUT2D eigenvalue weighted by molar-refractivity contribution is -0.141. The number of rotatable bonds is 5. The maximum absolute atomic E-state index is 11.3. The highest BCUT2D eigenvalue weighted by Crippen LogP contribution is 2.29. The molecule has 1 aliphatic rings. The Morgan fingerprint density at radius 2 is 2.19 bits per heavy atom. The van der Waals surface area contributed by atoms with Crippen LogP contribution in [-0.2, 0) is 9.53 Å². The highest BCUT2D eigenvalue weighted by Gasteiger charge is 2.37. The van der Waals surface area contributed by atoms with E-state index < -0.39 is 17.8 Å². The molecule has 1 aromatic carbocycles. The third-order valence-electron chi connectivity index (χ3n) is 3.66. The number of nitrogens with zero attached hydrogens (tertiary/aromatic N) is 1. The summed E-state index contributed by atoms with van der Waals surface area (Å²) in [5.41, 5.74) is 6.21. The van der Waals surface area contributed by atoms with Gasteiger partial charge in [-0.15, -0.1) is 0 Å². The van der Waals surface area contributed by atoms with Gasteiger partial charge in [-0.3, -0.25) is 9.59 Å². The Balaban J connectivity index is 2.31. The molecule has 114 valence electrons. The average molecular weight is 313 g/mol. The van der Waals surface area contributed by atoms with E-state index >= 15 is 0 Å². The summed E-state index contributed by atoms with van der Waals surface area (Å²) in [5.74, 6) is -2.06. The van der Waals surface area contributed by atoms with Crippen molar-refractivity contribution in [1.29, 1.82) is 0 Å². The van der Waals surface area contributed by atoms with Crippen molar-refractivity contribution in [1.82, 2.24) is 0 Å². The number of aliphatic carboxylic acids is 1. The van der Waals surface area contributed by atoms with E-state index in [0.717, 1.165) is 5.69 Å². The van der Waals surface area contributed by atoms with Crippen LogP contribution in [0.2, 0.25) is 5.02 Å². The van der Waals surface area contributed by atoms with Gasteiger partial charge < -0.3 is 20.5 Å². The summed E-state index contributed by atoms with van der Waals surface area (Å²) in [6.45, 7) is 3.07. The molecule has 2 rings (SSSR count). The number of hydrogen-bond donors (Lipinski definition) is 2. The molecule has 0 spiro atoms. The molecule has 0 saturated carbocycles. The zero-order valence-electron chi connectivity index (χ0n) is 11.6. The van der Waals surface area contributed by atoms with Crippen LogP contribution in [0.1, 0.15) is 17.3 Å². The SMILES string of the molecule is CCN(c1ccc(C(N)=O)c(Cl)c1)C1COCC1C(=O)O. The number of nitrogens with two attached hydrogens (primary N) is 1. The predicted octanol–water partition coefficient (Wildman–Crippen LogP) is 1.36. The first-order chi connectivity index (χ1) is 9.95. The molecular formula is C14H17ClN2O4. The Kier molecular flexibility index (Phi) is 4.69. The zero-order valence-corrected chi connectivity index (χ0v) is 12.3. The van der Waals surface area contributed by atoms with Gasteiger partial charge in [0, 0.05) is 12.2 Å². The van der Waals surface area contributed by atoms with Gasteiger partial charge in [0.15, 0.2) is 0 Å². The van der Waals surface area contributed by atoms with Crippen LogP contribution < -0.4 is 10.6 Å². The summed E-state index contributed by atoms with van der Waals surface area (Å²) >= 11 is 6.06. The molecule has 0 aliphatic carbocycles. The number of benzene rings is 1. The molecule has 2 atom stereocenters.